The number of carbonyl (C=O) groups is 1. The van der Waals surface area contributed by atoms with E-state index in [0.717, 1.165) is 24.5 Å². The van der Waals surface area contributed by atoms with Crippen molar-refractivity contribution in [1.29, 1.82) is 0 Å². The molecular formula is C18H17N5O2. The van der Waals surface area contributed by atoms with E-state index in [1.807, 2.05) is 36.4 Å². The lowest BCUT2D eigenvalue weighted by Gasteiger charge is -2.35. The smallest absolute Gasteiger partial charge is 0.276 e. The largest absolute Gasteiger partial charge is 0.364 e. The van der Waals surface area contributed by atoms with Crippen molar-refractivity contribution in [3.63, 3.8) is 0 Å². The Hall–Kier alpha value is -3.22. The van der Waals surface area contributed by atoms with Gasteiger partial charge in [-0.3, -0.25) is 4.79 Å². The van der Waals surface area contributed by atoms with Gasteiger partial charge in [0.05, 0.1) is 0 Å². The summed E-state index contributed by atoms with van der Waals surface area (Å²) in [6.07, 6.45) is 3.19. The van der Waals surface area contributed by atoms with Crippen LogP contribution in [-0.2, 0) is 0 Å². The highest BCUT2D eigenvalue weighted by atomic mass is 16.5. The molecule has 1 fully saturated rings. The van der Waals surface area contributed by atoms with Crippen LogP contribution in [0.3, 0.4) is 0 Å². The van der Waals surface area contributed by atoms with Crippen molar-refractivity contribution >= 4 is 11.7 Å². The van der Waals surface area contributed by atoms with Gasteiger partial charge >= 0.3 is 0 Å². The minimum absolute atomic E-state index is 0.0962. The maximum atomic E-state index is 12.3. The maximum Gasteiger partial charge on any atom is 0.276 e. The molecule has 3 heterocycles. The Morgan fingerprint density at radius 1 is 1.00 bits per heavy atom. The van der Waals surface area contributed by atoms with Gasteiger partial charge in [-0.15, -0.1) is 0 Å². The standard InChI is InChI=1S/C18H17N5O2/c24-18(15-7-13-25-21-15)23-11-9-22(10-12-23)16-6-8-19-17(20-16)14-4-2-1-3-5-14/h1-8,13H,9-12H2. The second-order valence-electron chi connectivity index (χ2n) is 5.77. The van der Waals surface area contributed by atoms with Crippen LogP contribution >= 0.6 is 0 Å². The number of carbonyl (C=O) groups excluding carboxylic acids is 1. The average Bonchev–Trinajstić information content (AvgIpc) is 3.23. The molecule has 0 unspecified atom stereocenters. The second kappa shape index (κ2) is 6.72. The lowest BCUT2D eigenvalue weighted by Crippen LogP contribution is -2.49. The van der Waals surface area contributed by atoms with E-state index in [4.69, 9.17) is 4.52 Å². The van der Waals surface area contributed by atoms with E-state index in [0.29, 0.717) is 24.6 Å². The summed E-state index contributed by atoms with van der Waals surface area (Å²) >= 11 is 0. The molecule has 25 heavy (non-hydrogen) atoms. The molecular weight excluding hydrogens is 318 g/mol. The van der Waals surface area contributed by atoms with E-state index >= 15 is 0 Å². The number of hydrogen-bond donors (Lipinski definition) is 0. The van der Waals surface area contributed by atoms with Crippen molar-refractivity contribution in [2.45, 2.75) is 0 Å². The van der Waals surface area contributed by atoms with Crippen LogP contribution in [0.4, 0.5) is 5.82 Å². The van der Waals surface area contributed by atoms with Crippen molar-refractivity contribution in [2.75, 3.05) is 31.1 Å². The topological polar surface area (TPSA) is 75.4 Å². The van der Waals surface area contributed by atoms with Crippen LogP contribution in [0.15, 0.2) is 59.4 Å². The van der Waals surface area contributed by atoms with Crippen LogP contribution in [0.25, 0.3) is 11.4 Å². The summed E-state index contributed by atoms with van der Waals surface area (Å²) in [5.41, 5.74) is 1.34. The van der Waals surface area contributed by atoms with Crippen molar-refractivity contribution in [2.24, 2.45) is 0 Å². The molecule has 0 atom stereocenters. The van der Waals surface area contributed by atoms with Gasteiger partial charge in [-0.25, -0.2) is 9.97 Å². The zero-order chi connectivity index (χ0) is 17.1. The van der Waals surface area contributed by atoms with Gasteiger partial charge in [0.2, 0.25) is 0 Å². The minimum Gasteiger partial charge on any atom is -0.364 e. The van der Waals surface area contributed by atoms with E-state index in [1.54, 1.807) is 17.2 Å². The summed E-state index contributed by atoms with van der Waals surface area (Å²) in [5, 5.41) is 3.71. The third-order valence-electron chi connectivity index (χ3n) is 4.22. The Balaban J connectivity index is 1.45. The molecule has 0 bridgehead atoms. The normalized spacial score (nSPS) is 14.6. The number of aromatic nitrogens is 3. The fraction of sp³-hybridized carbons (Fsp3) is 0.222. The molecule has 0 spiro atoms. The van der Waals surface area contributed by atoms with Gasteiger partial charge < -0.3 is 14.3 Å². The van der Waals surface area contributed by atoms with Crippen LogP contribution in [0.2, 0.25) is 0 Å². The molecule has 0 aliphatic carbocycles. The summed E-state index contributed by atoms with van der Waals surface area (Å²) in [6, 6.07) is 13.4. The van der Waals surface area contributed by atoms with E-state index < -0.39 is 0 Å². The second-order valence-corrected chi connectivity index (χ2v) is 5.77. The molecule has 2 aromatic heterocycles. The maximum absolute atomic E-state index is 12.3. The van der Waals surface area contributed by atoms with Crippen molar-refractivity contribution in [3.05, 3.63) is 60.6 Å². The molecule has 1 aliphatic rings. The summed E-state index contributed by atoms with van der Waals surface area (Å²) in [7, 11) is 0. The van der Waals surface area contributed by atoms with Gasteiger partial charge in [0.15, 0.2) is 11.5 Å². The molecule has 126 valence electrons. The van der Waals surface area contributed by atoms with Gasteiger partial charge in [-0.05, 0) is 6.07 Å². The predicted octanol–water partition coefficient (Wildman–Crippen LogP) is 2.09. The number of piperazine rings is 1. The third kappa shape index (κ3) is 3.21. The van der Waals surface area contributed by atoms with Crippen LogP contribution < -0.4 is 4.90 Å². The SMILES string of the molecule is O=C(c1ccon1)N1CCN(c2ccnc(-c3ccccc3)n2)CC1. The monoisotopic (exact) mass is 335 g/mol. The molecule has 0 N–H and O–H groups in total. The first-order valence-electron chi connectivity index (χ1n) is 8.14. The van der Waals surface area contributed by atoms with Gasteiger partial charge in [0.25, 0.3) is 5.91 Å². The first-order chi connectivity index (χ1) is 12.3. The molecule has 0 radical (unpaired) electrons. The van der Waals surface area contributed by atoms with E-state index in [9.17, 15) is 4.79 Å². The summed E-state index contributed by atoms with van der Waals surface area (Å²) in [6.45, 7) is 2.68. The Bertz CT molecular complexity index is 843. The number of rotatable bonds is 3. The summed E-state index contributed by atoms with van der Waals surface area (Å²) in [5.74, 6) is 1.49. The fourth-order valence-corrected chi connectivity index (χ4v) is 2.88. The van der Waals surface area contributed by atoms with Gasteiger partial charge in [0.1, 0.15) is 12.1 Å². The van der Waals surface area contributed by atoms with E-state index in [2.05, 4.69) is 20.0 Å². The van der Waals surface area contributed by atoms with E-state index in [-0.39, 0.29) is 5.91 Å². The predicted molar refractivity (Wildman–Crippen MR) is 92.1 cm³/mol. The fourth-order valence-electron chi connectivity index (χ4n) is 2.88. The molecule has 1 aliphatic heterocycles. The lowest BCUT2D eigenvalue weighted by molar-refractivity contribution is 0.0736. The van der Waals surface area contributed by atoms with Crippen LogP contribution in [0.5, 0.6) is 0 Å². The molecule has 1 saturated heterocycles. The van der Waals surface area contributed by atoms with Crippen molar-refractivity contribution in [3.8, 4) is 11.4 Å². The Morgan fingerprint density at radius 2 is 1.80 bits per heavy atom. The molecule has 7 nitrogen and oxygen atoms in total. The summed E-state index contributed by atoms with van der Waals surface area (Å²) < 4.78 is 4.75. The summed E-state index contributed by atoms with van der Waals surface area (Å²) in [4.78, 5) is 25.3. The lowest BCUT2D eigenvalue weighted by atomic mass is 10.2. The highest BCUT2D eigenvalue weighted by Crippen LogP contribution is 2.19. The highest BCUT2D eigenvalue weighted by molar-refractivity contribution is 5.92. The van der Waals surface area contributed by atoms with Crippen LogP contribution in [0, 0.1) is 0 Å². The molecule has 1 aromatic carbocycles. The zero-order valence-electron chi connectivity index (χ0n) is 13.6. The van der Waals surface area contributed by atoms with E-state index in [1.165, 1.54) is 6.26 Å². The Labute approximate surface area is 144 Å². The average molecular weight is 335 g/mol. The molecule has 4 rings (SSSR count). The van der Waals surface area contributed by atoms with Gasteiger partial charge in [-0.2, -0.15) is 0 Å². The Morgan fingerprint density at radius 3 is 2.52 bits per heavy atom. The molecule has 1 amide bonds. The third-order valence-corrected chi connectivity index (χ3v) is 4.22. The van der Waals surface area contributed by atoms with Gasteiger partial charge in [-0.1, -0.05) is 35.5 Å². The Kier molecular flexibility index (Phi) is 4.12. The van der Waals surface area contributed by atoms with Crippen molar-refractivity contribution in [1.82, 2.24) is 20.0 Å². The van der Waals surface area contributed by atoms with Crippen LogP contribution in [-0.4, -0.2) is 52.1 Å². The molecule has 0 saturated carbocycles. The quantitative estimate of drug-likeness (QED) is 0.729. The molecule has 7 heteroatoms. The zero-order valence-corrected chi connectivity index (χ0v) is 13.6. The number of benzene rings is 1. The number of amides is 1. The van der Waals surface area contributed by atoms with Gasteiger partial charge in [0, 0.05) is 44.0 Å². The molecule has 3 aromatic rings. The first kappa shape index (κ1) is 15.3. The number of anilines is 1. The number of hydrogen-bond acceptors (Lipinski definition) is 6. The van der Waals surface area contributed by atoms with Crippen LogP contribution in [0.1, 0.15) is 10.5 Å². The highest BCUT2D eigenvalue weighted by Gasteiger charge is 2.24. The van der Waals surface area contributed by atoms with Crippen molar-refractivity contribution < 1.29 is 9.32 Å². The number of nitrogens with zero attached hydrogens (tertiary/aromatic N) is 5. The minimum atomic E-state index is -0.0962. The first-order valence-corrected chi connectivity index (χ1v) is 8.14.